The maximum atomic E-state index is 11.9. The number of unbranched alkanes of at least 4 members (excludes halogenated alkanes) is 5. The first-order valence-corrected chi connectivity index (χ1v) is 20.4. The van der Waals surface area contributed by atoms with Crippen molar-refractivity contribution in [3.8, 4) is 0 Å². The summed E-state index contributed by atoms with van der Waals surface area (Å²) in [5, 5.41) is 19.3. The fraction of sp³-hybridized carbons (Fsp3) is 1.00. The second-order valence-electron chi connectivity index (χ2n) is 16.4. The molecule has 4 aliphatic rings. The molecule has 0 aliphatic heterocycles. The number of nitrogens with two attached hydrogens (primary N) is 1. The van der Waals surface area contributed by atoms with Crippen molar-refractivity contribution in [3.63, 3.8) is 0 Å². The van der Waals surface area contributed by atoms with E-state index in [1.54, 1.807) is 0 Å². The van der Waals surface area contributed by atoms with Crippen LogP contribution in [0.3, 0.4) is 0 Å². The number of rotatable bonds is 20. The zero-order valence-corrected chi connectivity index (χ0v) is 30.5. The summed E-state index contributed by atoms with van der Waals surface area (Å²) in [6.07, 6.45) is 14.2. The van der Waals surface area contributed by atoms with E-state index in [2.05, 4.69) is 24.5 Å². The van der Waals surface area contributed by atoms with Gasteiger partial charge in [-0.05, 0) is 162 Å². The molecule has 0 aromatic rings. The SMILES string of the molecule is [2H]C([2H])([2H])C([2H])(C(CC[C@@H](C)[C@H]1CCC2C3C(O)C[C@H]4C[C@@H](NCCCNCCCCCCCCN)CC[C@]4(C)C3CC[C@@]21C)OS(=O)(=O)O)C([2H])([2H])[2H]. The Kier molecular flexibility index (Phi) is 11.5. The summed E-state index contributed by atoms with van der Waals surface area (Å²) in [5.74, 6) is -1.69. The van der Waals surface area contributed by atoms with E-state index in [0.717, 1.165) is 90.4 Å². The van der Waals surface area contributed by atoms with Gasteiger partial charge < -0.3 is 21.5 Å². The average Bonchev–Trinajstić information content (AvgIpc) is 3.42. The van der Waals surface area contributed by atoms with Gasteiger partial charge in [0.05, 0.1) is 12.2 Å². The Morgan fingerprint density at radius 2 is 1.60 bits per heavy atom. The van der Waals surface area contributed by atoms with E-state index < -0.39 is 36.1 Å². The predicted octanol–water partition coefficient (Wildman–Crippen LogP) is 7.11. The topological polar surface area (TPSA) is 134 Å². The second kappa shape index (κ2) is 17.8. The zero-order valence-electron chi connectivity index (χ0n) is 36.7. The lowest BCUT2D eigenvalue weighted by Crippen LogP contribution is -2.59. The Morgan fingerprint density at radius 1 is 0.915 bits per heavy atom. The van der Waals surface area contributed by atoms with Crippen molar-refractivity contribution in [3.05, 3.63) is 0 Å². The van der Waals surface area contributed by atoms with Gasteiger partial charge in [0.25, 0.3) is 0 Å². The Balaban J connectivity index is 1.31. The first-order chi connectivity index (χ1) is 25.1. The standard InChI is InChI=1S/C38H73N3O5S/c1-27(2)35(46-47(43,44)45)16-13-28(3)31-14-15-32-36-33(18-20-38(31,32)5)37(4)19-17-30(25-29(37)26-34(36)42)41-24-12-23-40-22-11-9-7-6-8-10-21-39/h27-36,40-42H,6-26,39H2,1-5H3,(H,43,44,45)/t28-,29-,30+,31-,32?,33?,34?,35?,36?,37+,38-/m1/s1/i1D3,2D3,27D. The van der Waals surface area contributed by atoms with Gasteiger partial charge in [0.15, 0.2) is 0 Å². The Bertz CT molecular complexity index is 1280. The predicted molar refractivity (Wildman–Crippen MR) is 192 cm³/mol. The average molecular weight is 691 g/mol. The number of aliphatic hydroxyl groups is 1. The minimum atomic E-state index is -5.23. The molecule has 47 heavy (non-hydrogen) atoms. The Hall–Kier alpha value is -0.290. The van der Waals surface area contributed by atoms with Gasteiger partial charge in [-0.2, -0.15) is 8.42 Å². The Labute approximate surface area is 298 Å². The van der Waals surface area contributed by atoms with Gasteiger partial charge in [0.1, 0.15) is 0 Å². The van der Waals surface area contributed by atoms with Crippen LogP contribution in [-0.4, -0.2) is 62.5 Å². The second-order valence-corrected chi connectivity index (χ2v) is 17.5. The van der Waals surface area contributed by atoms with Crippen LogP contribution in [0.2, 0.25) is 0 Å². The molecule has 276 valence electrons. The number of hydrogen-bond donors (Lipinski definition) is 5. The van der Waals surface area contributed by atoms with Crippen LogP contribution in [0.4, 0.5) is 0 Å². The fourth-order valence-electron chi connectivity index (χ4n) is 11.1. The van der Waals surface area contributed by atoms with Gasteiger partial charge in [0.2, 0.25) is 0 Å². The number of aliphatic hydroxyl groups excluding tert-OH is 1. The molecular formula is C38H73N3O5S. The van der Waals surface area contributed by atoms with Crippen molar-refractivity contribution >= 4 is 10.4 Å². The van der Waals surface area contributed by atoms with E-state index >= 15 is 0 Å². The molecule has 4 fully saturated rings. The molecule has 0 saturated heterocycles. The van der Waals surface area contributed by atoms with Gasteiger partial charge in [-0.25, -0.2) is 4.18 Å². The van der Waals surface area contributed by atoms with E-state index in [4.69, 9.17) is 19.5 Å². The minimum Gasteiger partial charge on any atom is -0.393 e. The van der Waals surface area contributed by atoms with E-state index in [1.807, 2.05) is 6.92 Å². The lowest BCUT2D eigenvalue weighted by atomic mass is 9.43. The summed E-state index contributed by atoms with van der Waals surface area (Å²) >= 11 is 0. The van der Waals surface area contributed by atoms with Gasteiger partial charge in [-0.1, -0.05) is 60.2 Å². The van der Waals surface area contributed by atoms with E-state index in [1.165, 1.54) is 32.1 Å². The first-order valence-electron chi connectivity index (χ1n) is 22.6. The molecule has 11 atom stereocenters. The van der Waals surface area contributed by atoms with E-state index in [-0.39, 0.29) is 47.5 Å². The molecule has 0 amide bonds. The van der Waals surface area contributed by atoms with Crippen LogP contribution in [0.15, 0.2) is 0 Å². The summed E-state index contributed by atoms with van der Waals surface area (Å²) in [6, 6.07) is 0.484. The fourth-order valence-corrected chi connectivity index (χ4v) is 11.6. The van der Waals surface area contributed by atoms with Crippen LogP contribution in [0.25, 0.3) is 0 Å². The minimum absolute atomic E-state index is 0.0566. The van der Waals surface area contributed by atoms with Crippen molar-refractivity contribution < 1.29 is 31.9 Å². The number of hydrogen-bond acceptors (Lipinski definition) is 7. The highest BCUT2D eigenvalue weighted by atomic mass is 32.3. The number of fused-ring (bicyclic) bond motifs is 5. The summed E-state index contributed by atoms with van der Waals surface area (Å²) in [5.41, 5.74) is 5.66. The zero-order chi connectivity index (χ0) is 40.2. The maximum Gasteiger partial charge on any atom is 0.397 e. The molecule has 0 spiro atoms. The summed E-state index contributed by atoms with van der Waals surface area (Å²) < 4.78 is 93.5. The smallest absolute Gasteiger partial charge is 0.393 e. The largest absolute Gasteiger partial charge is 0.397 e. The monoisotopic (exact) mass is 691 g/mol. The molecule has 0 heterocycles. The van der Waals surface area contributed by atoms with Crippen molar-refractivity contribution in [1.82, 2.24) is 10.6 Å². The molecule has 4 aliphatic carbocycles. The summed E-state index contributed by atoms with van der Waals surface area (Å²) in [6.45, 7) is 3.94. The van der Waals surface area contributed by atoms with Crippen molar-refractivity contribution in [2.24, 2.45) is 58.0 Å². The normalized spacial score (nSPS) is 39.9. The van der Waals surface area contributed by atoms with E-state index in [9.17, 15) is 18.1 Å². The molecule has 9 heteroatoms. The molecule has 6 N–H and O–H groups in total. The number of nitrogens with one attached hydrogen (secondary N) is 2. The van der Waals surface area contributed by atoms with Crippen LogP contribution in [0.1, 0.15) is 153 Å². The maximum absolute atomic E-state index is 11.9. The molecular weight excluding hydrogens is 611 g/mol. The lowest BCUT2D eigenvalue weighted by molar-refractivity contribution is -0.167. The third kappa shape index (κ3) is 10.2. The first kappa shape index (κ1) is 30.3. The van der Waals surface area contributed by atoms with Gasteiger partial charge in [-0.3, -0.25) is 4.55 Å². The molecule has 4 saturated carbocycles. The van der Waals surface area contributed by atoms with Crippen LogP contribution in [0.5, 0.6) is 0 Å². The highest BCUT2D eigenvalue weighted by molar-refractivity contribution is 7.80. The molecule has 4 rings (SSSR count). The van der Waals surface area contributed by atoms with Crippen molar-refractivity contribution in [2.75, 3.05) is 26.2 Å². The summed E-state index contributed by atoms with van der Waals surface area (Å²) in [7, 11) is -5.23. The highest BCUT2D eigenvalue weighted by Gasteiger charge is 2.62. The Morgan fingerprint density at radius 3 is 2.32 bits per heavy atom. The third-order valence-electron chi connectivity index (χ3n) is 13.7. The molecule has 0 bridgehead atoms. The molecule has 8 nitrogen and oxygen atoms in total. The quantitative estimate of drug-likeness (QED) is 0.0674. The molecule has 5 unspecified atom stereocenters. The van der Waals surface area contributed by atoms with Crippen LogP contribution in [0, 0.1) is 52.2 Å². The highest BCUT2D eigenvalue weighted by Crippen LogP contribution is 2.68. The van der Waals surface area contributed by atoms with Crippen molar-refractivity contribution in [1.29, 1.82) is 0 Å². The molecule has 0 radical (unpaired) electrons. The van der Waals surface area contributed by atoms with Crippen molar-refractivity contribution in [2.45, 2.75) is 162 Å². The molecule has 0 aromatic heterocycles. The lowest BCUT2D eigenvalue weighted by Gasteiger charge is -2.62. The van der Waals surface area contributed by atoms with Gasteiger partial charge in [-0.15, -0.1) is 0 Å². The third-order valence-corrected chi connectivity index (χ3v) is 14.1. The van der Waals surface area contributed by atoms with E-state index in [0.29, 0.717) is 23.8 Å². The van der Waals surface area contributed by atoms with Gasteiger partial charge >= 0.3 is 10.4 Å². The summed E-state index contributed by atoms with van der Waals surface area (Å²) in [4.78, 5) is 0. The van der Waals surface area contributed by atoms with Crippen LogP contribution >= 0.6 is 0 Å². The molecule has 0 aromatic carbocycles. The van der Waals surface area contributed by atoms with Crippen LogP contribution < -0.4 is 16.4 Å². The van der Waals surface area contributed by atoms with Crippen LogP contribution in [-0.2, 0) is 14.6 Å². The van der Waals surface area contributed by atoms with Gasteiger partial charge in [0, 0.05) is 15.6 Å².